The minimum absolute atomic E-state index is 0.00850. The molecule has 0 atom stereocenters. The standard InChI is InChI=1S/C46H59BN2/c1-41(2,3)28-16-17-36-38(25-28)49(31-23-29(42(4,5)6)22-30(24-31)43(7,8)9)40-39-32(18-21-48-40)46(14,15)35-26-33-34(27-37(35)47(36)39)45(12,13)20-19-44(33,10)11/h16-18,21-27H,19-20H2,1-15H3. The molecular weight excluding hydrogens is 591 g/mol. The van der Waals surface area contributed by atoms with Gasteiger partial charge in [0.05, 0.1) is 0 Å². The maximum absolute atomic E-state index is 5.35. The molecule has 0 spiro atoms. The normalized spacial score (nSPS) is 18.8. The first kappa shape index (κ1) is 34.1. The van der Waals surface area contributed by atoms with Crippen LogP contribution in [-0.4, -0.2) is 11.7 Å². The Kier molecular flexibility index (Phi) is 7.22. The van der Waals surface area contributed by atoms with Crippen molar-refractivity contribution in [3.8, 4) is 0 Å². The summed E-state index contributed by atoms with van der Waals surface area (Å²) in [6.07, 6.45) is 4.51. The SMILES string of the molecule is CC(C)(C)c1cc(N2c3cc(C(C)(C)C)ccc3B3c4cc5c(cc4C(C)(C)c4ccnc2c43)C(C)(C)CCC5(C)C)cc(C(C)(C)C)c1. The first-order valence-corrected chi connectivity index (χ1v) is 18.7. The lowest BCUT2D eigenvalue weighted by molar-refractivity contribution is 0.331. The van der Waals surface area contributed by atoms with Crippen LogP contribution in [0.25, 0.3) is 0 Å². The Bertz CT molecular complexity index is 1970. The van der Waals surface area contributed by atoms with Gasteiger partial charge in [0.2, 0.25) is 6.71 Å². The number of nitrogens with zero attached hydrogens (tertiary/aromatic N) is 2. The quantitative estimate of drug-likeness (QED) is 0.168. The van der Waals surface area contributed by atoms with Crippen molar-refractivity contribution in [2.45, 2.75) is 149 Å². The highest BCUT2D eigenvalue weighted by Gasteiger charge is 2.49. The second-order valence-corrected chi connectivity index (χ2v) is 20.5. The highest BCUT2D eigenvalue weighted by atomic mass is 15.2. The van der Waals surface area contributed by atoms with Crippen LogP contribution >= 0.6 is 0 Å². The molecule has 4 aromatic rings. The molecule has 3 heterocycles. The van der Waals surface area contributed by atoms with Gasteiger partial charge in [0, 0.05) is 23.0 Å². The van der Waals surface area contributed by atoms with E-state index in [0.717, 1.165) is 5.82 Å². The van der Waals surface area contributed by atoms with Gasteiger partial charge in [0.25, 0.3) is 0 Å². The smallest absolute Gasteiger partial charge is 0.249 e. The van der Waals surface area contributed by atoms with Crippen molar-refractivity contribution in [2.75, 3.05) is 4.90 Å². The highest BCUT2D eigenvalue weighted by molar-refractivity contribution is 6.99. The molecular formula is C46H59BN2. The zero-order valence-electron chi connectivity index (χ0n) is 33.2. The largest absolute Gasteiger partial charge is 0.296 e. The average Bonchev–Trinajstić information content (AvgIpc) is 2.99. The molecule has 0 saturated carbocycles. The van der Waals surface area contributed by atoms with E-state index in [2.05, 4.69) is 170 Å². The molecule has 0 unspecified atom stereocenters. The fourth-order valence-corrected chi connectivity index (χ4v) is 8.93. The third-order valence-corrected chi connectivity index (χ3v) is 12.5. The van der Waals surface area contributed by atoms with E-state index in [1.807, 2.05) is 0 Å². The Morgan fingerprint density at radius 2 is 1.12 bits per heavy atom. The number of hydrogen-bond donors (Lipinski definition) is 0. The van der Waals surface area contributed by atoms with Crippen molar-refractivity contribution in [2.24, 2.45) is 0 Å². The van der Waals surface area contributed by atoms with Crippen LogP contribution in [0.15, 0.2) is 60.8 Å². The van der Waals surface area contributed by atoms with Crippen LogP contribution in [0.4, 0.5) is 17.2 Å². The Morgan fingerprint density at radius 3 is 1.67 bits per heavy atom. The van der Waals surface area contributed by atoms with E-state index in [-0.39, 0.29) is 39.2 Å². The molecule has 0 radical (unpaired) electrons. The molecule has 2 nitrogen and oxygen atoms in total. The van der Waals surface area contributed by atoms with Crippen molar-refractivity contribution >= 4 is 40.3 Å². The van der Waals surface area contributed by atoms with E-state index < -0.39 is 0 Å². The van der Waals surface area contributed by atoms with Crippen molar-refractivity contribution in [1.29, 1.82) is 0 Å². The van der Waals surface area contributed by atoms with Crippen LogP contribution in [0.2, 0.25) is 0 Å². The lowest BCUT2D eigenvalue weighted by atomic mass is 9.30. The van der Waals surface area contributed by atoms with Crippen molar-refractivity contribution < 1.29 is 0 Å². The van der Waals surface area contributed by atoms with E-state index in [0.29, 0.717) is 0 Å². The fourth-order valence-electron chi connectivity index (χ4n) is 8.93. The number of pyridine rings is 1. The second kappa shape index (κ2) is 10.4. The van der Waals surface area contributed by atoms with Crippen LogP contribution in [0.5, 0.6) is 0 Å². The molecule has 0 fully saturated rings. The van der Waals surface area contributed by atoms with Gasteiger partial charge in [-0.05, 0) is 114 Å². The molecule has 3 heteroatoms. The third kappa shape index (κ3) is 5.23. The minimum Gasteiger partial charge on any atom is -0.296 e. The summed E-state index contributed by atoms with van der Waals surface area (Å²) in [6, 6.07) is 22.2. The molecule has 3 aromatic carbocycles. The zero-order valence-corrected chi connectivity index (χ0v) is 33.2. The Balaban J connectivity index is 1.59. The van der Waals surface area contributed by atoms with Crippen LogP contribution in [-0.2, 0) is 32.5 Å². The number of aromatic nitrogens is 1. The lowest BCUT2D eigenvalue weighted by Gasteiger charge is -2.48. The molecule has 3 aliphatic rings. The summed E-state index contributed by atoms with van der Waals surface area (Å²) in [5.74, 6) is 1.09. The van der Waals surface area contributed by atoms with Crippen LogP contribution < -0.4 is 21.3 Å². The van der Waals surface area contributed by atoms with Crippen LogP contribution in [0.3, 0.4) is 0 Å². The van der Waals surface area contributed by atoms with E-state index >= 15 is 0 Å². The van der Waals surface area contributed by atoms with Gasteiger partial charge in [-0.1, -0.05) is 140 Å². The molecule has 7 rings (SSSR count). The van der Waals surface area contributed by atoms with Gasteiger partial charge in [0.1, 0.15) is 5.82 Å². The van der Waals surface area contributed by atoms with E-state index in [9.17, 15) is 0 Å². The zero-order chi connectivity index (χ0) is 35.9. The monoisotopic (exact) mass is 650 g/mol. The van der Waals surface area contributed by atoms with Crippen LogP contribution in [0.1, 0.15) is 156 Å². The summed E-state index contributed by atoms with van der Waals surface area (Å²) < 4.78 is 0. The Morgan fingerprint density at radius 1 is 0.571 bits per heavy atom. The summed E-state index contributed by atoms with van der Waals surface area (Å²) in [4.78, 5) is 7.87. The highest BCUT2D eigenvalue weighted by Crippen LogP contribution is 2.49. The maximum atomic E-state index is 5.35. The van der Waals surface area contributed by atoms with Gasteiger partial charge in [-0.15, -0.1) is 0 Å². The molecule has 1 aromatic heterocycles. The maximum Gasteiger partial charge on any atom is 0.249 e. The predicted octanol–water partition coefficient (Wildman–Crippen LogP) is 10.3. The van der Waals surface area contributed by atoms with Crippen LogP contribution in [0, 0.1) is 0 Å². The van der Waals surface area contributed by atoms with E-state index in [1.165, 1.54) is 74.0 Å². The first-order chi connectivity index (χ1) is 22.4. The number of rotatable bonds is 1. The van der Waals surface area contributed by atoms with Crippen molar-refractivity contribution in [3.05, 3.63) is 99.7 Å². The summed E-state index contributed by atoms with van der Waals surface area (Å²) >= 11 is 0. The third-order valence-electron chi connectivity index (χ3n) is 12.5. The van der Waals surface area contributed by atoms with Gasteiger partial charge in [0.15, 0.2) is 0 Å². The fraction of sp³-hybridized carbons (Fsp3) is 0.500. The molecule has 1 aliphatic carbocycles. The van der Waals surface area contributed by atoms with Gasteiger partial charge >= 0.3 is 0 Å². The van der Waals surface area contributed by atoms with Crippen molar-refractivity contribution in [3.63, 3.8) is 0 Å². The molecule has 0 saturated heterocycles. The molecule has 0 N–H and O–H groups in total. The number of hydrogen-bond acceptors (Lipinski definition) is 2. The topological polar surface area (TPSA) is 16.1 Å². The number of fused-ring (bicyclic) bond motifs is 5. The summed E-state index contributed by atoms with van der Waals surface area (Å²) in [5, 5.41) is 0. The molecule has 0 bridgehead atoms. The summed E-state index contributed by atoms with van der Waals surface area (Å²) in [7, 11) is 0. The average molecular weight is 651 g/mol. The lowest BCUT2D eigenvalue weighted by Crippen LogP contribution is -2.64. The molecule has 49 heavy (non-hydrogen) atoms. The number of benzene rings is 3. The first-order valence-electron chi connectivity index (χ1n) is 18.7. The Labute approximate surface area is 298 Å². The minimum atomic E-state index is -0.163. The summed E-state index contributed by atoms with van der Waals surface area (Å²) in [6.45, 7) is 35.9. The Hall–Kier alpha value is -3.33. The number of anilines is 3. The molecule has 2 aliphatic heterocycles. The van der Waals surface area contributed by atoms with Gasteiger partial charge < -0.3 is 0 Å². The van der Waals surface area contributed by atoms with Gasteiger partial charge in [-0.3, -0.25) is 4.90 Å². The summed E-state index contributed by atoms with van der Waals surface area (Å²) in [5.41, 5.74) is 16.9. The van der Waals surface area contributed by atoms with E-state index in [4.69, 9.17) is 4.98 Å². The molecule has 256 valence electrons. The van der Waals surface area contributed by atoms with E-state index in [1.54, 1.807) is 5.56 Å². The second-order valence-electron chi connectivity index (χ2n) is 20.5. The van der Waals surface area contributed by atoms with Gasteiger partial charge in [-0.2, -0.15) is 0 Å². The predicted molar refractivity (Wildman–Crippen MR) is 214 cm³/mol. The van der Waals surface area contributed by atoms with Gasteiger partial charge in [-0.25, -0.2) is 4.98 Å². The molecule has 0 amide bonds. The van der Waals surface area contributed by atoms with Crippen molar-refractivity contribution in [1.82, 2.24) is 4.98 Å².